The first-order chi connectivity index (χ1) is 15.7. The molecule has 2 atom stereocenters. The first-order valence-corrected chi connectivity index (χ1v) is 10.8. The van der Waals surface area contributed by atoms with Gasteiger partial charge in [-0.2, -0.15) is 0 Å². The summed E-state index contributed by atoms with van der Waals surface area (Å²) in [4.78, 5) is 28.9. The average Bonchev–Trinajstić information content (AvgIpc) is 3.47. The van der Waals surface area contributed by atoms with Gasteiger partial charge < -0.3 is 15.7 Å². The summed E-state index contributed by atoms with van der Waals surface area (Å²) >= 11 is 0. The fourth-order valence-electron chi connectivity index (χ4n) is 5.02. The number of H-pyrrole nitrogens is 1. The van der Waals surface area contributed by atoms with E-state index in [0.29, 0.717) is 24.0 Å². The molecule has 174 valence electrons. The number of nitrogen functional groups attached to an aromatic ring is 1. The molecule has 1 saturated carbocycles. The Balaban J connectivity index is 1.59. The van der Waals surface area contributed by atoms with Crippen molar-refractivity contribution in [3.63, 3.8) is 0 Å². The summed E-state index contributed by atoms with van der Waals surface area (Å²) in [5.74, 6) is -3.03. The summed E-state index contributed by atoms with van der Waals surface area (Å²) in [6.45, 7) is 2.05. The highest BCUT2D eigenvalue weighted by molar-refractivity contribution is 5.97. The van der Waals surface area contributed by atoms with Gasteiger partial charge in [0.1, 0.15) is 11.6 Å². The zero-order chi connectivity index (χ0) is 23.6. The Bertz CT molecular complexity index is 1380. The van der Waals surface area contributed by atoms with Crippen molar-refractivity contribution in [2.24, 2.45) is 5.92 Å². The van der Waals surface area contributed by atoms with Gasteiger partial charge in [-0.15, -0.1) is 0 Å². The number of aryl methyl sites for hydroxylation is 1. The smallest absolute Gasteiger partial charge is 0.329 e. The molecular weight excluding hydrogens is 437 g/mol. The number of fused-ring (bicyclic) bond motifs is 1. The van der Waals surface area contributed by atoms with Gasteiger partial charge in [0.15, 0.2) is 5.82 Å². The lowest BCUT2D eigenvalue weighted by Gasteiger charge is -2.26. The molecule has 7 nitrogen and oxygen atoms in total. The molecule has 1 saturated heterocycles. The van der Waals surface area contributed by atoms with Crippen LogP contribution in [0.3, 0.4) is 0 Å². The number of nitrogens with one attached hydrogen (secondary N) is 1. The van der Waals surface area contributed by atoms with Crippen molar-refractivity contribution in [3.05, 3.63) is 67.6 Å². The number of anilines is 2. The third-order valence-electron chi connectivity index (χ3n) is 6.76. The van der Waals surface area contributed by atoms with E-state index in [0.717, 1.165) is 25.0 Å². The van der Waals surface area contributed by atoms with Crippen LogP contribution >= 0.6 is 0 Å². The van der Waals surface area contributed by atoms with Crippen molar-refractivity contribution in [1.29, 1.82) is 0 Å². The van der Waals surface area contributed by atoms with Crippen molar-refractivity contribution in [1.82, 2.24) is 9.55 Å². The van der Waals surface area contributed by atoms with Gasteiger partial charge >= 0.3 is 5.69 Å². The van der Waals surface area contributed by atoms with Gasteiger partial charge in [-0.3, -0.25) is 14.3 Å². The molecule has 2 aromatic carbocycles. The lowest BCUT2D eigenvalue weighted by molar-refractivity contribution is 0.111. The summed E-state index contributed by atoms with van der Waals surface area (Å²) in [6, 6.07) is 3.29. The largest absolute Gasteiger partial charge is 0.396 e. The van der Waals surface area contributed by atoms with Gasteiger partial charge in [0.05, 0.1) is 33.9 Å². The number of rotatable bonds is 4. The molecule has 2 fully saturated rings. The fraction of sp³-hybridized carbons (Fsp3) is 0.391. The molecule has 0 amide bonds. The molecule has 0 radical (unpaired) electrons. The van der Waals surface area contributed by atoms with Gasteiger partial charge in [-0.05, 0) is 38.3 Å². The molecular formula is C23H23F3N4O3. The Morgan fingerprint density at radius 3 is 2.45 bits per heavy atom. The molecule has 5 rings (SSSR count). The molecule has 1 aromatic heterocycles. The number of nitrogens with two attached hydrogens (primary N) is 1. The first-order valence-electron chi connectivity index (χ1n) is 10.8. The van der Waals surface area contributed by atoms with E-state index in [1.807, 2.05) is 0 Å². The molecule has 4 N–H and O–H groups in total. The number of benzene rings is 2. The standard InChI is InChI=1S/C23H23F3N4O3/c1-10-19-16(22(32)28-23(33)30(19)12-5-6-12)18(27)17(26)20(10)29-8-7-11(9-29)21(31)15-13(24)3-2-4-14(15)25/h2-4,11-12,21,31H,5-9,27H2,1H3,(H,28,32,33). The van der Waals surface area contributed by atoms with Crippen molar-refractivity contribution in [2.45, 2.75) is 38.3 Å². The Morgan fingerprint density at radius 1 is 1.15 bits per heavy atom. The number of aliphatic hydroxyl groups excluding tert-OH is 1. The molecule has 10 heteroatoms. The van der Waals surface area contributed by atoms with E-state index >= 15 is 4.39 Å². The molecule has 0 bridgehead atoms. The summed E-state index contributed by atoms with van der Waals surface area (Å²) in [5.41, 5.74) is 4.77. The monoisotopic (exact) mass is 460 g/mol. The highest BCUT2D eigenvalue weighted by Crippen LogP contribution is 2.42. The average molecular weight is 460 g/mol. The van der Waals surface area contributed by atoms with E-state index in [9.17, 15) is 23.5 Å². The van der Waals surface area contributed by atoms with Gasteiger partial charge in [-0.25, -0.2) is 18.0 Å². The van der Waals surface area contributed by atoms with Crippen LogP contribution in [-0.2, 0) is 0 Å². The predicted octanol–water partition coefficient (Wildman–Crippen LogP) is 2.89. The van der Waals surface area contributed by atoms with E-state index in [2.05, 4.69) is 4.98 Å². The van der Waals surface area contributed by atoms with E-state index in [1.165, 1.54) is 10.6 Å². The van der Waals surface area contributed by atoms with Crippen LogP contribution in [0.25, 0.3) is 10.9 Å². The number of aromatic nitrogens is 2. The third-order valence-corrected chi connectivity index (χ3v) is 6.76. The zero-order valence-corrected chi connectivity index (χ0v) is 17.9. The lowest BCUT2D eigenvalue weighted by atomic mass is 9.94. The molecule has 0 spiro atoms. The second-order valence-corrected chi connectivity index (χ2v) is 8.86. The number of aliphatic hydroxyl groups is 1. The van der Waals surface area contributed by atoms with E-state index in [4.69, 9.17) is 5.73 Å². The molecule has 2 unspecified atom stereocenters. The lowest BCUT2D eigenvalue weighted by Crippen LogP contribution is -2.32. The van der Waals surface area contributed by atoms with E-state index < -0.39 is 46.3 Å². The maximum absolute atomic E-state index is 15.5. The minimum atomic E-state index is -1.41. The Labute approximate surface area is 186 Å². The molecule has 3 aromatic rings. The number of nitrogens with zero attached hydrogens (tertiary/aromatic N) is 2. The van der Waals surface area contributed by atoms with Crippen LogP contribution < -0.4 is 21.9 Å². The minimum absolute atomic E-state index is 0.0653. The van der Waals surface area contributed by atoms with Crippen molar-refractivity contribution < 1.29 is 18.3 Å². The maximum atomic E-state index is 15.5. The van der Waals surface area contributed by atoms with Gasteiger partial charge in [0.25, 0.3) is 5.56 Å². The molecule has 1 aliphatic carbocycles. The second-order valence-electron chi connectivity index (χ2n) is 8.86. The Morgan fingerprint density at radius 2 is 1.82 bits per heavy atom. The quantitative estimate of drug-likeness (QED) is 0.520. The van der Waals surface area contributed by atoms with Crippen molar-refractivity contribution in [3.8, 4) is 0 Å². The molecule has 2 aliphatic rings. The maximum Gasteiger partial charge on any atom is 0.329 e. The number of halogens is 3. The SMILES string of the molecule is Cc1c(N2CCC(C(O)c3c(F)cccc3F)C2)c(F)c(N)c2c(=O)[nH]c(=O)n(C3CC3)c12. The van der Waals surface area contributed by atoms with Crippen LogP contribution in [0.4, 0.5) is 24.5 Å². The predicted molar refractivity (Wildman–Crippen MR) is 118 cm³/mol. The number of aromatic amines is 1. The molecule has 2 heterocycles. The molecule has 33 heavy (non-hydrogen) atoms. The first kappa shape index (κ1) is 21.6. The summed E-state index contributed by atoms with van der Waals surface area (Å²) < 4.78 is 45.3. The number of hydrogen-bond acceptors (Lipinski definition) is 5. The number of hydrogen-bond donors (Lipinski definition) is 3. The van der Waals surface area contributed by atoms with Gasteiger partial charge in [0.2, 0.25) is 0 Å². The fourth-order valence-corrected chi connectivity index (χ4v) is 5.02. The van der Waals surface area contributed by atoms with E-state index in [-0.39, 0.29) is 29.3 Å². The highest BCUT2D eigenvalue weighted by atomic mass is 19.1. The summed E-state index contributed by atoms with van der Waals surface area (Å²) in [5, 5.41) is 10.6. The van der Waals surface area contributed by atoms with Crippen molar-refractivity contribution in [2.75, 3.05) is 23.7 Å². The third kappa shape index (κ3) is 3.31. The second kappa shape index (κ2) is 7.65. The summed E-state index contributed by atoms with van der Waals surface area (Å²) in [6.07, 6.45) is 0.472. The van der Waals surface area contributed by atoms with Gasteiger partial charge in [0, 0.05) is 30.6 Å². The van der Waals surface area contributed by atoms with Gasteiger partial charge in [-0.1, -0.05) is 6.07 Å². The summed E-state index contributed by atoms with van der Waals surface area (Å²) in [7, 11) is 0. The normalized spacial score (nSPS) is 19.4. The Kier molecular flexibility index (Phi) is 5.00. The Hall–Kier alpha value is -3.27. The molecule has 1 aliphatic heterocycles. The van der Waals surface area contributed by atoms with Crippen LogP contribution in [-0.4, -0.2) is 27.7 Å². The van der Waals surface area contributed by atoms with Crippen LogP contribution in [0.5, 0.6) is 0 Å². The van der Waals surface area contributed by atoms with Crippen LogP contribution in [0.2, 0.25) is 0 Å². The van der Waals surface area contributed by atoms with Crippen LogP contribution in [0, 0.1) is 30.3 Å². The van der Waals surface area contributed by atoms with Crippen LogP contribution in [0.1, 0.15) is 42.5 Å². The topological polar surface area (TPSA) is 104 Å². The highest BCUT2D eigenvalue weighted by Gasteiger charge is 2.36. The van der Waals surface area contributed by atoms with Crippen LogP contribution in [0.15, 0.2) is 27.8 Å². The zero-order valence-electron chi connectivity index (χ0n) is 17.9. The van der Waals surface area contributed by atoms with E-state index in [1.54, 1.807) is 11.8 Å². The minimum Gasteiger partial charge on any atom is -0.396 e. The van der Waals surface area contributed by atoms with Crippen molar-refractivity contribution >= 4 is 22.3 Å².